The van der Waals surface area contributed by atoms with E-state index < -0.39 is 0 Å². The molecule has 0 atom stereocenters. The lowest BCUT2D eigenvalue weighted by molar-refractivity contribution is 0.0759. The predicted molar refractivity (Wildman–Crippen MR) is 91.7 cm³/mol. The number of nitrogens with zero attached hydrogens (tertiary/aromatic N) is 4. The SMILES string of the molecule is Cc1nnc(-c2cccc(C(=O)N3CCCN(C(C)C)CC3)c2)o1. The van der Waals surface area contributed by atoms with E-state index in [1.807, 2.05) is 29.2 Å². The molecule has 6 heteroatoms. The largest absolute Gasteiger partial charge is 0.421 e. The summed E-state index contributed by atoms with van der Waals surface area (Å²) < 4.78 is 5.46. The Bertz CT molecular complexity index is 711. The lowest BCUT2D eigenvalue weighted by Gasteiger charge is -2.25. The highest BCUT2D eigenvalue weighted by Crippen LogP contribution is 2.20. The molecule has 0 spiro atoms. The van der Waals surface area contributed by atoms with E-state index in [2.05, 4.69) is 28.9 Å². The topological polar surface area (TPSA) is 62.5 Å². The van der Waals surface area contributed by atoms with Crippen molar-refractivity contribution in [1.29, 1.82) is 0 Å². The van der Waals surface area contributed by atoms with Crippen molar-refractivity contribution in [2.75, 3.05) is 26.2 Å². The van der Waals surface area contributed by atoms with Crippen molar-refractivity contribution in [2.24, 2.45) is 0 Å². The van der Waals surface area contributed by atoms with Crippen LogP contribution in [0.3, 0.4) is 0 Å². The third kappa shape index (κ3) is 3.64. The van der Waals surface area contributed by atoms with Crippen molar-refractivity contribution in [2.45, 2.75) is 33.2 Å². The zero-order valence-electron chi connectivity index (χ0n) is 14.5. The van der Waals surface area contributed by atoms with Crippen LogP contribution >= 0.6 is 0 Å². The van der Waals surface area contributed by atoms with Crippen LogP contribution in [0.2, 0.25) is 0 Å². The van der Waals surface area contributed by atoms with Gasteiger partial charge < -0.3 is 9.32 Å². The Morgan fingerprint density at radius 3 is 2.71 bits per heavy atom. The highest BCUT2D eigenvalue weighted by Gasteiger charge is 2.22. The van der Waals surface area contributed by atoms with Gasteiger partial charge in [0.25, 0.3) is 5.91 Å². The standard InChI is InChI=1S/C18H24N4O2/c1-13(2)21-8-5-9-22(11-10-21)18(23)16-7-4-6-15(12-16)17-20-19-14(3)24-17/h4,6-7,12-13H,5,8-11H2,1-3H3. The molecule has 0 N–H and O–H groups in total. The number of hydrogen-bond donors (Lipinski definition) is 0. The smallest absolute Gasteiger partial charge is 0.253 e. The number of carbonyl (C=O) groups excluding carboxylic acids is 1. The van der Waals surface area contributed by atoms with E-state index >= 15 is 0 Å². The molecule has 0 bridgehead atoms. The maximum Gasteiger partial charge on any atom is 0.253 e. The van der Waals surface area contributed by atoms with Crippen LogP contribution in [-0.2, 0) is 0 Å². The van der Waals surface area contributed by atoms with Gasteiger partial charge in [-0.05, 0) is 38.5 Å². The summed E-state index contributed by atoms with van der Waals surface area (Å²) in [5, 5.41) is 7.87. The molecular weight excluding hydrogens is 304 g/mol. The molecule has 0 aliphatic carbocycles. The first-order valence-corrected chi connectivity index (χ1v) is 8.48. The minimum Gasteiger partial charge on any atom is -0.421 e. The summed E-state index contributed by atoms with van der Waals surface area (Å²) in [5.41, 5.74) is 1.45. The van der Waals surface area contributed by atoms with Crippen LogP contribution in [0.5, 0.6) is 0 Å². The zero-order chi connectivity index (χ0) is 17.1. The van der Waals surface area contributed by atoms with Gasteiger partial charge in [0, 0.05) is 50.3 Å². The van der Waals surface area contributed by atoms with E-state index in [-0.39, 0.29) is 5.91 Å². The Morgan fingerprint density at radius 1 is 1.17 bits per heavy atom. The van der Waals surface area contributed by atoms with Gasteiger partial charge in [0.1, 0.15) is 0 Å². The predicted octanol–water partition coefficient (Wildman–Crippen LogP) is 2.60. The number of benzene rings is 1. The number of hydrogen-bond acceptors (Lipinski definition) is 5. The number of aromatic nitrogens is 2. The molecule has 0 radical (unpaired) electrons. The van der Waals surface area contributed by atoms with E-state index in [4.69, 9.17) is 4.42 Å². The molecule has 1 saturated heterocycles. The molecule has 1 aromatic carbocycles. The average Bonchev–Trinajstić information content (AvgIpc) is 2.86. The van der Waals surface area contributed by atoms with Crippen LogP contribution in [0.15, 0.2) is 28.7 Å². The van der Waals surface area contributed by atoms with E-state index in [1.54, 1.807) is 6.92 Å². The summed E-state index contributed by atoms with van der Waals surface area (Å²) in [4.78, 5) is 17.2. The lowest BCUT2D eigenvalue weighted by atomic mass is 10.1. The number of carbonyl (C=O) groups is 1. The Balaban J connectivity index is 1.75. The molecule has 1 aliphatic rings. The fraction of sp³-hybridized carbons (Fsp3) is 0.500. The van der Waals surface area contributed by atoms with Gasteiger partial charge in [-0.25, -0.2) is 0 Å². The lowest BCUT2D eigenvalue weighted by Crippen LogP contribution is -2.37. The second-order valence-corrected chi connectivity index (χ2v) is 6.48. The van der Waals surface area contributed by atoms with Crippen molar-refractivity contribution in [3.63, 3.8) is 0 Å². The Hall–Kier alpha value is -2.21. The normalized spacial score (nSPS) is 16.4. The summed E-state index contributed by atoms with van der Waals surface area (Å²) in [6, 6.07) is 7.94. The van der Waals surface area contributed by atoms with Crippen LogP contribution in [0.1, 0.15) is 36.5 Å². The van der Waals surface area contributed by atoms with E-state index in [1.165, 1.54) is 0 Å². The van der Waals surface area contributed by atoms with Crippen LogP contribution in [0.4, 0.5) is 0 Å². The number of amides is 1. The van der Waals surface area contributed by atoms with Gasteiger partial charge in [0.15, 0.2) is 0 Å². The monoisotopic (exact) mass is 328 g/mol. The van der Waals surface area contributed by atoms with Gasteiger partial charge in [-0.3, -0.25) is 9.69 Å². The molecule has 0 saturated carbocycles. The van der Waals surface area contributed by atoms with E-state index in [0.717, 1.165) is 38.2 Å². The Kier molecular flexibility index (Phi) is 4.94. The summed E-state index contributed by atoms with van der Waals surface area (Å²) in [5.74, 6) is 1.03. The first-order valence-electron chi connectivity index (χ1n) is 8.48. The summed E-state index contributed by atoms with van der Waals surface area (Å²) in [6.07, 6.45) is 1.01. The second-order valence-electron chi connectivity index (χ2n) is 6.48. The van der Waals surface area contributed by atoms with Gasteiger partial charge in [-0.2, -0.15) is 0 Å². The van der Waals surface area contributed by atoms with E-state index in [9.17, 15) is 4.79 Å². The molecule has 6 nitrogen and oxygen atoms in total. The second kappa shape index (κ2) is 7.13. The molecular formula is C18H24N4O2. The average molecular weight is 328 g/mol. The summed E-state index contributed by atoms with van der Waals surface area (Å²) >= 11 is 0. The van der Waals surface area contributed by atoms with Gasteiger partial charge in [0.2, 0.25) is 11.8 Å². The van der Waals surface area contributed by atoms with Crippen molar-refractivity contribution in [1.82, 2.24) is 20.0 Å². The van der Waals surface area contributed by atoms with Gasteiger partial charge >= 0.3 is 0 Å². The minimum absolute atomic E-state index is 0.0682. The van der Waals surface area contributed by atoms with Crippen molar-refractivity contribution >= 4 is 5.91 Å². The summed E-state index contributed by atoms with van der Waals surface area (Å²) in [7, 11) is 0. The highest BCUT2D eigenvalue weighted by molar-refractivity contribution is 5.95. The molecule has 1 fully saturated rings. The quantitative estimate of drug-likeness (QED) is 0.866. The van der Waals surface area contributed by atoms with Gasteiger partial charge in [-0.15, -0.1) is 10.2 Å². The zero-order valence-corrected chi connectivity index (χ0v) is 14.5. The fourth-order valence-corrected chi connectivity index (χ4v) is 3.04. The maximum absolute atomic E-state index is 12.9. The number of rotatable bonds is 3. The van der Waals surface area contributed by atoms with Crippen LogP contribution in [0.25, 0.3) is 11.5 Å². The van der Waals surface area contributed by atoms with E-state index in [0.29, 0.717) is 23.4 Å². The van der Waals surface area contributed by atoms with Crippen molar-refractivity contribution in [3.05, 3.63) is 35.7 Å². The van der Waals surface area contributed by atoms with Crippen molar-refractivity contribution in [3.8, 4) is 11.5 Å². The first-order chi connectivity index (χ1) is 11.5. The molecule has 0 unspecified atom stereocenters. The highest BCUT2D eigenvalue weighted by atomic mass is 16.4. The molecule has 2 aromatic rings. The van der Waals surface area contributed by atoms with Crippen LogP contribution < -0.4 is 0 Å². The Labute approximate surface area is 142 Å². The fourth-order valence-electron chi connectivity index (χ4n) is 3.04. The third-order valence-corrected chi connectivity index (χ3v) is 4.43. The van der Waals surface area contributed by atoms with Crippen LogP contribution in [0, 0.1) is 6.92 Å². The number of aryl methyl sites for hydroxylation is 1. The molecule has 1 aliphatic heterocycles. The molecule has 128 valence electrons. The van der Waals surface area contributed by atoms with Gasteiger partial charge in [0.05, 0.1) is 0 Å². The van der Waals surface area contributed by atoms with Crippen molar-refractivity contribution < 1.29 is 9.21 Å². The van der Waals surface area contributed by atoms with Gasteiger partial charge in [-0.1, -0.05) is 6.07 Å². The molecule has 3 rings (SSSR count). The third-order valence-electron chi connectivity index (χ3n) is 4.43. The summed E-state index contributed by atoms with van der Waals surface area (Å²) in [6.45, 7) is 9.69. The Morgan fingerprint density at radius 2 is 2.00 bits per heavy atom. The minimum atomic E-state index is 0.0682. The molecule has 24 heavy (non-hydrogen) atoms. The molecule has 1 amide bonds. The van der Waals surface area contributed by atoms with Crippen LogP contribution in [-0.4, -0.2) is 58.1 Å². The first kappa shape index (κ1) is 16.6. The molecule has 2 heterocycles. The molecule has 1 aromatic heterocycles. The maximum atomic E-state index is 12.9.